The molecule has 2 heterocycles. The van der Waals surface area contributed by atoms with Crippen LogP contribution in [0.25, 0.3) is 0 Å². The highest BCUT2D eigenvalue weighted by atomic mass is 35.5. The quantitative estimate of drug-likeness (QED) is 0.597. The number of thioether (sulfide) groups is 1. The van der Waals surface area contributed by atoms with E-state index in [9.17, 15) is 4.79 Å². The van der Waals surface area contributed by atoms with E-state index in [0.717, 1.165) is 60.3 Å². The van der Waals surface area contributed by atoms with Crippen LogP contribution in [-0.2, 0) is 11.2 Å². The Labute approximate surface area is 177 Å². The molecule has 3 rings (SSSR count). The van der Waals surface area contributed by atoms with Gasteiger partial charge in [-0.3, -0.25) is 9.78 Å². The van der Waals surface area contributed by atoms with Crippen LogP contribution < -0.4 is 0 Å². The van der Waals surface area contributed by atoms with Gasteiger partial charge in [-0.05, 0) is 49.2 Å². The van der Waals surface area contributed by atoms with Crippen molar-refractivity contribution in [1.82, 2.24) is 14.8 Å². The first-order valence-corrected chi connectivity index (χ1v) is 11.2. The minimum Gasteiger partial charge on any atom is -0.343 e. The maximum atomic E-state index is 12.5. The molecule has 0 saturated carbocycles. The van der Waals surface area contributed by atoms with Gasteiger partial charge in [0.1, 0.15) is 0 Å². The first kappa shape index (κ1) is 21.2. The highest BCUT2D eigenvalue weighted by molar-refractivity contribution is 7.99. The van der Waals surface area contributed by atoms with E-state index in [-0.39, 0.29) is 5.91 Å². The van der Waals surface area contributed by atoms with Crippen molar-refractivity contribution in [1.29, 1.82) is 0 Å². The van der Waals surface area contributed by atoms with E-state index < -0.39 is 0 Å². The molecule has 1 aliphatic heterocycles. The summed E-state index contributed by atoms with van der Waals surface area (Å²) in [4.78, 5) is 22.6. The maximum Gasteiger partial charge on any atom is 0.223 e. The lowest BCUT2D eigenvalue weighted by atomic mass is 10.0. The molecule has 0 N–H and O–H groups in total. The van der Waals surface area contributed by atoms with E-state index in [1.165, 1.54) is 0 Å². The number of carbonyl (C=O) groups is 1. The van der Waals surface area contributed by atoms with Gasteiger partial charge in [-0.25, -0.2) is 0 Å². The summed E-state index contributed by atoms with van der Waals surface area (Å²) in [6, 6.07) is 14.2. The standard InChI is InChI=1S/C22H28ClN3OS/c1-25(22(27)12-17-28-21-7-5-18(23)6-8-21)20-10-15-26(16-11-20)14-9-19-4-2-3-13-24-19/h2-8,13,20H,9-12,14-17H2,1H3. The van der Waals surface area contributed by atoms with Gasteiger partial charge in [0.15, 0.2) is 0 Å². The molecule has 0 spiro atoms. The minimum absolute atomic E-state index is 0.244. The Bertz CT molecular complexity index is 733. The predicted octanol–water partition coefficient (Wildman–Crippen LogP) is 4.38. The third kappa shape index (κ3) is 6.50. The molecule has 0 atom stereocenters. The molecule has 0 unspecified atom stereocenters. The third-order valence-corrected chi connectivity index (χ3v) is 6.57. The second kappa shape index (κ2) is 10.8. The van der Waals surface area contributed by atoms with Crippen LogP contribution >= 0.6 is 23.4 Å². The van der Waals surface area contributed by atoms with Gasteiger partial charge in [-0.1, -0.05) is 17.7 Å². The summed E-state index contributed by atoms with van der Waals surface area (Å²) in [7, 11) is 1.96. The third-order valence-electron chi connectivity index (χ3n) is 5.31. The normalized spacial score (nSPS) is 15.5. The van der Waals surface area contributed by atoms with Gasteiger partial charge < -0.3 is 9.80 Å². The molecule has 150 valence electrons. The molecule has 0 bridgehead atoms. The highest BCUT2D eigenvalue weighted by Crippen LogP contribution is 2.22. The number of hydrogen-bond donors (Lipinski definition) is 0. The van der Waals surface area contributed by atoms with Crippen LogP contribution in [0.5, 0.6) is 0 Å². The van der Waals surface area contributed by atoms with Gasteiger partial charge in [0.2, 0.25) is 5.91 Å². The number of hydrogen-bond acceptors (Lipinski definition) is 4. The fourth-order valence-electron chi connectivity index (χ4n) is 3.52. The number of pyridine rings is 1. The molecular formula is C22H28ClN3OS. The number of halogens is 1. The van der Waals surface area contributed by atoms with E-state index in [2.05, 4.69) is 16.0 Å². The molecular weight excluding hydrogens is 390 g/mol. The van der Waals surface area contributed by atoms with E-state index in [1.807, 2.05) is 54.5 Å². The number of aromatic nitrogens is 1. The van der Waals surface area contributed by atoms with Crippen LogP contribution in [0.15, 0.2) is 53.6 Å². The van der Waals surface area contributed by atoms with Crippen molar-refractivity contribution in [3.05, 3.63) is 59.4 Å². The average molecular weight is 418 g/mol. The molecule has 1 aliphatic rings. The largest absolute Gasteiger partial charge is 0.343 e. The van der Waals surface area contributed by atoms with E-state index in [0.29, 0.717) is 12.5 Å². The van der Waals surface area contributed by atoms with Crippen molar-refractivity contribution in [2.75, 3.05) is 32.4 Å². The Balaban J connectivity index is 1.35. The Morgan fingerprint density at radius 1 is 1.21 bits per heavy atom. The Kier molecular flexibility index (Phi) is 8.19. The second-order valence-corrected chi connectivity index (χ2v) is 8.81. The summed E-state index contributed by atoms with van der Waals surface area (Å²) in [6.45, 7) is 3.14. The van der Waals surface area contributed by atoms with Crippen molar-refractivity contribution in [3.8, 4) is 0 Å². The van der Waals surface area contributed by atoms with Crippen molar-refractivity contribution in [3.63, 3.8) is 0 Å². The van der Waals surface area contributed by atoms with Crippen LogP contribution in [-0.4, -0.2) is 59.2 Å². The fourth-order valence-corrected chi connectivity index (χ4v) is 4.48. The molecule has 1 aromatic heterocycles. The summed E-state index contributed by atoms with van der Waals surface area (Å²) in [5, 5.41) is 0.742. The van der Waals surface area contributed by atoms with Crippen molar-refractivity contribution >= 4 is 29.3 Å². The Morgan fingerprint density at radius 3 is 2.64 bits per heavy atom. The molecule has 0 radical (unpaired) electrons. The molecule has 1 aromatic carbocycles. The fraction of sp³-hybridized carbons (Fsp3) is 0.455. The lowest BCUT2D eigenvalue weighted by Gasteiger charge is -2.36. The maximum absolute atomic E-state index is 12.5. The summed E-state index contributed by atoms with van der Waals surface area (Å²) < 4.78 is 0. The zero-order valence-corrected chi connectivity index (χ0v) is 18.0. The summed E-state index contributed by atoms with van der Waals surface area (Å²) in [5.41, 5.74) is 1.15. The SMILES string of the molecule is CN(C(=O)CCSc1ccc(Cl)cc1)C1CCN(CCc2ccccn2)CC1. The first-order chi connectivity index (χ1) is 13.6. The smallest absolute Gasteiger partial charge is 0.223 e. The predicted molar refractivity (Wildman–Crippen MR) is 117 cm³/mol. The molecule has 1 saturated heterocycles. The lowest BCUT2D eigenvalue weighted by molar-refractivity contribution is -0.132. The molecule has 2 aromatic rings. The summed E-state index contributed by atoms with van der Waals surface area (Å²) in [5.74, 6) is 1.04. The van der Waals surface area contributed by atoms with Crippen LogP contribution in [0.1, 0.15) is 25.0 Å². The Hall–Kier alpha value is -1.56. The number of carbonyl (C=O) groups excluding carboxylic acids is 1. The molecule has 1 fully saturated rings. The van der Waals surface area contributed by atoms with E-state index >= 15 is 0 Å². The average Bonchev–Trinajstić information content (AvgIpc) is 2.74. The second-order valence-electron chi connectivity index (χ2n) is 7.20. The van der Waals surface area contributed by atoms with Crippen molar-refractivity contribution in [2.45, 2.75) is 36.6 Å². The number of rotatable bonds is 8. The van der Waals surface area contributed by atoms with Gasteiger partial charge in [-0.15, -0.1) is 11.8 Å². The number of piperidine rings is 1. The number of nitrogens with zero attached hydrogens (tertiary/aromatic N) is 3. The van der Waals surface area contributed by atoms with Gasteiger partial charge in [0, 0.05) is 73.1 Å². The summed E-state index contributed by atoms with van der Waals surface area (Å²) in [6.07, 6.45) is 5.52. The molecule has 4 nitrogen and oxygen atoms in total. The van der Waals surface area contributed by atoms with Crippen molar-refractivity contribution in [2.24, 2.45) is 0 Å². The van der Waals surface area contributed by atoms with E-state index in [4.69, 9.17) is 11.6 Å². The molecule has 28 heavy (non-hydrogen) atoms. The van der Waals surface area contributed by atoms with Crippen LogP contribution in [0.4, 0.5) is 0 Å². The van der Waals surface area contributed by atoms with Crippen molar-refractivity contribution < 1.29 is 4.79 Å². The molecule has 0 aliphatic carbocycles. The molecule has 1 amide bonds. The molecule has 6 heteroatoms. The number of likely N-dealkylation sites (tertiary alicyclic amines) is 1. The first-order valence-electron chi connectivity index (χ1n) is 9.88. The number of benzene rings is 1. The highest BCUT2D eigenvalue weighted by Gasteiger charge is 2.25. The lowest BCUT2D eigenvalue weighted by Crippen LogP contribution is -2.46. The van der Waals surface area contributed by atoms with Crippen LogP contribution in [0.2, 0.25) is 5.02 Å². The zero-order valence-electron chi connectivity index (χ0n) is 16.4. The summed E-state index contributed by atoms with van der Waals surface area (Å²) >= 11 is 7.61. The number of amides is 1. The monoisotopic (exact) mass is 417 g/mol. The van der Waals surface area contributed by atoms with E-state index in [1.54, 1.807) is 11.8 Å². The van der Waals surface area contributed by atoms with Gasteiger partial charge in [0.05, 0.1) is 0 Å². The minimum atomic E-state index is 0.244. The van der Waals surface area contributed by atoms with Crippen LogP contribution in [0, 0.1) is 0 Å². The zero-order chi connectivity index (χ0) is 19.8. The van der Waals surface area contributed by atoms with Crippen LogP contribution in [0.3, 0.4) is 0 Å². The van der Waals surface area contributed by atoms with Gasteiger partial charge >= 0.3 is 0 Å². The van der Waals surface area contributed by atoms with Gasteiger partial charge in [-0.2, -0.15) is 0 Å². The topological polar surface area (TPSA) is 36.4 Å². The Morgan fingerprint density at radius 2 is 1.96 bits per heavy atom. The van der Waals surface area contributed by atoms with Gasteiger partial charge in [0.25, 0.3) is 0 Å².